The lowest BCUT2D eigenvalue weighted by Gasteiger charge is -2.29. The van der Waals surface area contributed by atoms with Gasteiger partial charge in [0.05, 0.1) is 11.5 Å². The van der Waals surface area contributed by atoms with E-state index in [2.05, 4.69) is 5.32 Å². The first-order chi connectivity index (χ1) is 9.79. The molecule has 2 N–H and O–H groups in total. The van der Waals surface area contributed by atoms with Gasteiger partial charge in [-0.2, -0.15) is 13.2 Å². The maximum Gasteiger partial charge on any atom is 0.391 e. The molecule has 116 valence electrons. The Morgan fingerprint density at radius 3 is 2.67 bits per heavy atom. The quantitative estimate of drug-likeness (QED) is 0.891. The molecule has 1 saturated carbocycles. The second-order valence-electron chi connectivity index (χ2n) is 5.06. The Hall–Kier alpha value is -1.57. The average molecular weight is 321 g/mol. The maximum atomic E-state index is 12.7. The average Bonchev–Trinajstić information content (AvgIpc) is 2.86. The van der Waals surface area contributed by atoms with E-state index in [1.54, 1.807) is 0 Å². The lowest BCUT2D eigenvalue weighted by molar-refractivity contribution is -0.185. The normalized spacial score (nSPS) is 22.8. The number of amides is 1. The topological polar surface area (TPSA) is 66.4 Å². The van der Waals surface area contributed by atoms with Crippen molar-refractivity contribution in [1.82, 2.24) is 0 Å². The van der Waals surface area contributed by atoms with Gasteiger partial charge in [0, 0.05) is 5.92 Å². The van der Waals surface area contributed by atoms with Crippen LogP contribution in [0.15, 0.2) is 11.4 Å². The Kier molecular flexibility index (Phi) is 4.55. The fourth-order valence-electron chi connectivity index (χ4n) is 2.51. The monoisotopic (exact) mass is 321 g/mol. The van der Waals surface area contributed by atoms with Crippen molar-refractivity contribution in [3.8, 4) is 0 Å². The summed E-state index contributed by atoms with van der Waals surface area (Å²) in [6.45, 7) is 0. The van der Waals surface area contributed by atoms with Gasteiger partial charge in [0.2, 0.25) is 5.91 Å². The number of hydrogen-bond acceptors (Lipinski definition) is 3. The minimum Gasteiger partial charge on any atom is -0.478 e. The van der Waals surface area contributed by atoms with Crippen molar-refractivity contribution < 1.29 is 27.9 Å². The summed E-state index contributed by atoms with van der Waals surface area (Å²) in [5.74, 6) is -3.89. The highest BCUT2D eigenvalue weighted by Gasteiger charge is 2.43. The fourth-order valence-corrected chi connectivity index (χ4v) is 3.30. The van der Waals surface area contributed by atoms with E-state index in [0.717, 1.165) is 11.3 Å². The minimum absolute atomic E-state index is 0.0449. The van der Waals surface area contributed by atoms with Crippen molar-refractivity contribution in [3.63, 3.8) is 0 Å². The van der Waals surface area contributed by atoms with Gasteiger partial charge in [0.15, 0.2) is 0 Å². The molecular formula is C13H14F3NO3S. The van der Waals surface area contributed by atoms with E-state index in [1.165, 1.54) is 11.4 Å². The lowest BCUT2D eigenvalue weighted by Crippen LogP contribution is -2.34. The summed E-state index contributed by atoms with van der Waals surface area (Å²) in [6, 6.07) is 1.35. The number of halogens is 3. The van der Waals surface area contributed by atoms with Crippen LogP contribution in [0.4, 0.5) is 18.2 Å². The summed E-state index contributed by atoms with van der Waals surface area (Å²) in [5.41, 5.74) is -0.0449. The maximum absolute atomic E-state index is 12.7. The van der Waals surface area contributed by atoms with Gasteiger partial charge in [0.25, 0.3) is 0 Å². The van der Waals surface area contributed by atoms with Crippen molar-refractivity contribution in [3.05, 3.63) is 17.0 Å². The molecule has 1 aliphatic carbocycles. The molecule has 0 saturated heterocycles. The van der Waals surface area contributed by atoms with E-state index >= 15 is 0 Å². The Bertz CT molecular complexity index is 541. The number of carboxylic acids is 1. The predicted molar refractivity (Wildman–Crippen MR) is 71.4 cm³/mol. The van der Waals surface area contributed by atoms with Crippen molar-refractivity contribution in [2.45, 2.75) is 31.9 Å². The molecule has 1 aliphatic rings. The van der Waals surface area contributed by atoms with Crippen molar-refractivity contribution >= 4 is 28.2 Å². The molecule has 0 radical (unpaired) electrons. The number of alkyl halides is 3. The van der Waals surface area contributed by atoms with Crippen molar-refractivity contribution in [1.29, 1.82) is 0 Å². The first-order valence-corrected chi connectivity index (χ1v) is 7.35. The molecule has 2 rings (SSSR count). The van der Waals surface area contributed by atoms with E-state index < -0.39 is 29.9 Å². The van der Waals surface area contributed by atoms with Gasteiger partial charge >= 0.3 is 12.1 Å². The zero-order chi connectivity index (χ0) is 15.6. The molecule has 0 aliphatic heterocycles. The van der Waals surface area contributed by atoms with Gasteiger partial charge in [-0.3, -0.25) is 4.79 Å². The highest BCUT2D eigenvalue weighted by Crippen LogP contribution is 2.40. The molecule has 1 fully saturated rings. The van der Waals surface area contributed by atoms with Crippen LogP contribution in [0.5, 0.6) is 0 Å². The molecule has 4 nitrogen and oxygen atoms in total. The van der Waals surface area contributed by atoms with E-state index in [4.69, 9.17) is 5.11 Å². The third-order valence-corrected chi connectivity index (χ3v) is 4.47. The van der Waals surface area contributed by atoms with Crippen LogP contribution >= 0.6 is 11.3 Å². The van der Waals surface area contributed by atoms with Gasteiger partial charge in [-0.15, -0.1) is 11.3 Å². The summed E-state index contributed by atoms with van der Waals surface area (Å²) >= 11 is 1.04. The molecule has 8 heteroatoms. The van der Waals surface area contributed by atoms with E-state index in [-0.39, 0.29) is 23.4 Å². The number of carbonyl (C=O) groups excluding carboxylic acids is 1. The fraction of sp³-hybridized carbons (Fsp3) is 0.538. The zero-order valence-electron chi connectivity index (χ0n) is 10.9. The molecule has 2 atom stereocenters. The summed E-state index contributed by atoms with van der Waals surface area (Å²) in [4.78, 5) is 23.0. The Labute approximate surface area is 123 Å². The minimum atomic E-state index is -4.28. The summed E-state index contributed by atoms with van der Waals surface area (Å²) in [5, 5.41) is 13.1. The van der Waals surface area contributed by atoms with Gasteiger partial charge < -0.3 is 10.4 Å². The zero-order valence-corrected chi connectivity index (χ0v) is 11.8. The van der Waals surface area contributed by atoms with Crippen LogP contribution in [0.1, 0.15) is 36.0 Å². The first-order valence-electron chi connectivity index (χ1n) is 6.47. The van der Waals surface area contributed by atoms with Gasteiger partial charge in [0.1, 0.15) is 5.00 Å². The standard InChI is InChI=1S/C13H14F3NO3S/c14-13(15,16)8-3-1-2-7(6-8)10(18)17-11-9(12(19)20)4-5-21-11/h4-5,7-8H,1-3,6H2,(H,17,18)(H,19,20). The van der Waals surface area contributed by atoms with Gasteiger partial charge in [-0.1, -0.05) is 6.42 Å². The molecule has 1 aromatic rings. The Balaban J connectivity index is 2.03. The molecule has 2 unspecified atom stereocenters. The number of thiophene rings is 1. The predicted octanol–water partition coefficient (Wildman–Crippen LogP) is 3.75. The van der Waals surface area contributed by atoms with Crippen LogP contribution < -0.4 is 5.32 Å². The summed E-state index contributed by atoms with van der Waals surface area (Å²) in [6.07, 6.45) is -3.73. The number of nitrogens with one attached hydrogen (secondary N) is 1. The van der Waals surface area contributed by atoms with Crippen LogP contribution in [0.25, 0.3) is 0 Å². The van der Waals surface area contributed by atoms with Crippen LogP contribution in [-0.4, -0.2) is 23.2 Å². The molecule has 1 amide bonds. The van der Waals surface area contributed by atoms with Crippen molar-refractivity contribution in [2.24, 2.45) is 11.8 Å². The van der Waals surface area contributed by atoms with Gasteiger partial charge in [-0.25, -0.2) is 4.79 Å². The van der Waals surface area contributed by atoms with Crippen molar-refractivity contribution in [2.75, 3.05) is 5.32 Å². The third kappa shape index (κ3) is 3.75. The summed E-state index contributed by atoms with van der Waals surface area (Å²) in [7, 11) is 0. The number of aromatic carboxylic acids is 1. The van der Waals surface area contributed by atoms with E-state index in [0.29, 0.717) is 12.8 Å². The van der Waals surface area contributed by atoms with Gasteiger partial charge in [-0.05, 0) is 30.7 Å². The van der Waals surface area contributed by atoms with Crippen LogP contribution in [0, 0.1) is 11.8 Å². The lowest BCUT2D eigenvalue weighted by atomic mass is 9.80. The van der Waals surface area contributed by atoms with Crippen LogP contribution in [0.3, 0.4) is 0 Å². The number of rotatable bonds is 3. The van der Waals surface area contributed by atoms with E-state index in [9.17, 15) is 22.8 Å². The second kappa shape index (κ2) is 6.05. The van der Waals surface area contributed by atoms with Crippen LogP contribution in [0.2, 0.25) is 0 Å². The summed E-state index contributed by atoms with van der Waals surface area (Å²) < 4.78 is 38.2. The highest BCUT2D eigenvalue weighted by atomic mass is 32.1. The van der Waals surface area contributed by atoms with E-state index in [1.807, 2.05) is 0 Å². The Morgan fingerprint density at radius 1 is 1.33 bits per heavy atom. The molecule has 1 heterocycles. The number of carbonyl (C=O) groups is 2. The number of carboxylic acid groups (broad SMARTS) is 1. The Morgan fingerprint density at radius 2 is 2.05 bits per heavy atom. The highest BCUT2D eigenvalue weighted by molar-refractivity contribution is 7.14. The third-order valence-electron chi connectivity index (χ3n) is 3.64. The number of hydrogen-bond donors (Lipinski definition) is 2. The number of anilines is 1. The molecule has 0 bridgehead atoms. The SMILES string of the molecule is O=C(O)c1ccsc1NC(=O)C1CCCC(C(F)(F)F)C1. The molecule has 0 aromatic carbocycles. The smallest absolute Gasteiger partial charge is 0.391 e. The second-order valence-corrected chi connectivity index (χ2v) is 5.98. The first kappa shape index (κ1) is 15.8. The largest absolute Gasteiger partial charge is 0.478 e. The molecule has 1 aromatic heterocycles. The molecule has 21 heavy (non-hydrogen) atoms. The molecule has 0 spiro atoms. The molecular weight excluding hydrogens is 307 g/mol. The van der Waals surface area contributed by atoms with Crippen LogP contribution in [-0.2, 0) is 4.79 Å².